The molecule has 0 bridgehead atoms. The van der Waals surface area contributed by atoms with Gasteiger partial charge in [0.2, 0.25) is 5.91 Å². The highest BCUT2D eigenvalue weighted by Gasteiger charge is 2.15. The third-order valence-electron chi connectivity index (χ3n) is 3.44. The standard InChI is InChI=1S/C17H21NOS/c1-4-18(16-12-13(2)7-8-14(16)3)17(19)10-9-15-6-5-11-20-15/h5-8,11-12H,4,9-10H2,1-3H3. The first-order chi connectivity index (χ1) is 9.61. The summed E-state index contributed by atoms with van der Waals surface area (Å²) >= 11 is 1.71. The topological polar surface area (TPSA) is 20.3 Å². The molecular formula is C17H21NOS. The zero-order chi connectivity index (χ0) is 14.5. The number of rotatable bonds is 5. The van der Waals surface area contributed by atoms with E-state index in [4.69, 9.17) is 0 Å². The molecule has 0 aliphatic rings. The molecule has 1 aromatic carbocycles. The second kappa shape index (κ2) is 6.71. The molecule has 106 valence electrons. The lowest BCUT2D eigenvalue weighted by molar-refractivity contribution is -0.118. The quantitative estimate of drug-likeness (QED) is 0.800. The summed E-state index contributed by atoms with van der Waals surface area (Å²) < 4.78 is 0. The fraction of sp³-hybridized carbons (Fsp3) is 0.353. The second-order valence-corrected chi connectivity index (χ2v) is 6.04. The molecule has 0 saturated heterocycles. The van der Waals surface area contributed by atoms with E-state index in [1.54, 1.807) is 11.3 Å². The normalized spacial score (nSPS) is 10.6. The number of nitrogens with zero attached hydrogens (tertiary/aromatic N) is 1. The average molecular weight is 287 g/mol. The van der Waals surface area contributed by atoms with Crippen LogP contribution >= 0.6 is 11.3 Å². The van der Waals surface area contributed by atoms with Crippen molar-refractivity contribution in [3.8, 4) is 0 Å². The van der Waals surface area contributed by atoms with Gasteiger partial charge in [0.25, 0.3) is 0 Å². The molecule has 0 aliphatic carbocycles. The molecule has 0 unspecified atom stereocenters. The number of benzene rings is 1. The van der Waals surface area contributed by atoms with Crippen LogP contribution in [0.5, 0.6) is 0 Å². The Labute approximate surface area is 125 Å². The maximum atomic E-state index is 12.5. The molecule has 20 heavy (non-hydrogen) atoms. The van der Waals surface area contributed by atoms with Crippen molar-refractivity contribution in [2.75, 3.05) is 11.4 Å². The van der Waals surface area contributed by atoms with Gasteiger partial charge >= 0.3 is 0 Å². The minimum atomic E-state index is 0.203. The largest absolute Gasteiger partial charge is 0.312 e. The van der Waals surface area contributed by atoms with Crippen LogP contribution in [-0.2, 0) is 11.2 Å². The van der Waals surface area contributed by atoms with Crippen LogP contribution in [0.15, 0.2) is 35.7 Å². The van der Waals surface area contributed by atoms with E-state index < -0.39 is 0 Å². The number of carbonyl (C=O) groups is 1. The van der Waals surface area contributed by atoms with Crippen molar-refractivity contribution in [2.24, 2.45) is 0 Å². The second-order valence-electron chi connectivity index (χ2n) is 5.01. The molecule has 1 aromatic heterocycles. The molecule has 0 saturated carbocycles. The van der Waals surface area contributed by atoms with Crippen LogP contribution < -0.4 is 4.90 Å². The smallest absolute Gasteiger partial charge is 0.227 e. The monoisotopic (exact) mass is 287 g/mol. The van der Waals surface area contributed by atoms with E-state index in [0.717, 1.165) is 17.7 Å². The van der Waals surface area contributed by atoms with Crippen LogP contribution in [-0.4, -0.2) is 12.5 Å². The fourth-order valence-corrected chi connectivity index (χ4v) is 3.02. The van der Waals surface area contributed by atoms with Gasteiger partial charge in [0, 0.05) is 23.5 Å². The molecule has 0 fully saturated rings. The van der Waals surface area contributed by atoms with Gasteiger partial charge in [0.1, 0.15) is 0 Å². The Kier molecular flexibility index (Phi) is 4.96. The summed E-state index contributed by atoms with van der Waals surface area (Å²) in [6, 6.07) is 10.4. The average Bonchev–Trinajstić information content (AvgIpc) is 2.94. The van der Waals surface area contributed by atoms with E-state index in [0.29, 0.717) is 13.0 Å². The Bertz CT molecular complexity index is 575. The van der Waals surface area contributed by atoms with Crippen LogP contribution in [0.2, 0.25) is 0 Å². The molecule has 0 atom stereocenters. The first kappa shape index (κ1) is 14.8. The Morgan fingerprint density at radius 1 is 1.25 bits per heavy atom. The van der Waals surface area contributed by atoms with Gasteiger partial charge in [-0.2, -0.15) is 0 Å². The third-order valence-corrected chi connectivity index (χ3v) is 4.37. The van der Waals surface area contributed by atoms with E-state index >= 15 is 0 Å². The molecule has 2 aromatic rings. The highest BCUT2D eigenvalue weighted by atomic mass is 32.1. The summed E-state index contributed by atoms with van der Waals surface area (Å²) in [7, 11) is 0. The predicted octanol–water partition coefficient (Wildman–Crippen LogP) is 4.35. The first-order valence-electron chi connectivity index (χ1n) is 7.01. The molecule has 0 spiro atoms. The Morgan fingerprint density at radius 3 is 2.70 bits per heavy atom. The summed E-state index contributed by atoms with van der Waals surface area (Å²) in [5.74, 6) is 0.203. The number of carbonyl (C=O) groups excluding carboxylic acids is 1. The van der Waals surface area contributed by atoms with Crippen LogP contribution in [0.3, 0.4) is 0 Å². The van der Waals surface area contributed by atoms with Gasteiger partial charge in [0.05, 0.1) is 0 Å². The molecule has 1 amide bonds. The number of anilines is 1. The molecule has 2 rings (SSSR count). The summed E-state index contributed by atoms with van der Waals surface area (Å²) in [6.07, 6.45) is 1.40. The van der Waals surface area contributed by atoms with E-state index in [-0.39, 0.29) is 5.91 Å². The highest BCUT2D eigenvalue weighted by Crippen LogP contribution is 2.23. The van der Waals surface area contributed by atoms with Gasteiger partial charge in [-0.1, -0.05) is 18.2 Å². The van der Waals surface area contributed by atoms with Gasteiger partial charge < -0.3 is 4.90 Å². The molecule has 0 aliphatic heterocycles. The van der Waals surface area contributed by atoms with E-state index in [1.807, 2.05) is 17.9 Å². The number of hydrogen-bond donors (Lipinski definition) is 0. The number of hydrogen-bond acceptors (Lipinski definition) is 2. The van der Waals surface area contributed by atoms with Crippen molar-refractivity contribution in [3.63, 3.8) is 0 Å². The fourth-order valence-electron chi connectivity index (χ4n) is 2.31. The third kappa shape index (κ3) is 3.48. The molecule has 0 radical (unpaired) electrons. The van der Waals surface area contributed by atoms with Crippen molar-refractivity contribution in [3.05, 3.63) is 51.7 Å². The van der Waals surface area contributed by atoms with Crippen molar-refractivity contribution in [2.45, 2.75) is 33.6 Å². The summed E-state index contributed by atoms with van der Waals surface area (Å²) in [5, 5.41) is 2.06. The SMILES string of the molecule is CCN(C(=O)CCc1cccs1)c1cc(C)ccc1C. The maximum absolute atomic E-state index is 12.5. The van der Waals surface area contributed by atoms with Crippen molar-refractivity contribution in [1.82, 2.24) is 0 Å². The lowest BCUT2D eigenvalue weighted by atomic mass is 10.1. The lowest BCUT2D eigenvalue weighted by Gasteiger charge is -2.23. The van der Waals surface area contributed by atoms with Gasteiger partial charge in [-0.3, -0.25) is 4.79 Å². The van der Waals surface area contributed by atoms with E-state index in [2.05, 4.69) is 43.5 Å². The van der Waals surface area contributed by atoms with Gasteiger partial charge in [-0.15, -0.1) is 11.3 Å². The van der Waals surface area contributed by atoms with Crippen LogP contribution in [0.25, 0.3) is 0 Å². The highest BCUT2D eigenvalue weighted by molar-refractivity contribution is 7.09. The predicted molar refractivity (Wildman–Crippen MR) is 86.6 cm³/mol. The van der Waals surface area contributed by atoms with Gasteiger partial charge in [-0.25, -0.2) is 0 Å². The summed E-state index contributed by atoms with van der Waals surface area (Å²) in [6.45, 7) is 6.87. The number of aryl methyl sites for hydroxylation is 3. The summed E-state index contributed by atoms with van der Waals surface area (Å²) in [4.78, 5) is 15.6. The van der Waals surface area contributed by atoms with Crippen molar-refractivity contribution < 1.29 is 4.79 Å². The first-order valence-corrected chi connectivity index (χ1v) is 7.89. The van der Waals surface area contributed by atoms with Crippen LogP contribution in [0.1, 0.15) is 29.3 Å². The van der Waals surface area contributed by atoms with Crippen molar-refractivity contribution in [1.29, 1.82) is 0 Å². The zero-order valence-electron chi connectivity index (χ0n) is 12.3. The number of thiophene rings is 1. The van der Waals surface area contributed by atoms with Crippen LogP contribution in [0, 0.1) is 13.8 Å². The summed E-state index contributed by atoms with van der Waals surface area (Å²) in [5.41, 5.74) is 3.39. The number of amides is 1. The van der Waals surface area contributed by atoms with E-state index in [1.165, 1.54) is 10.4 Å². The lowest BCUT2D eigenvalue weighted by Crippen LogP contribution is -2.31. The Balaban J connectivity index is 2.10. The van der Waals surface area contributed by atoms with Gasteiger partial charge in [0.15, 0.2) is 0 Å². The molecule has 0 N–H and O–H groups in total. The Morgan fingerprint density at radius 2 is 2.05 bits per heavy atom. The minimum absolute atomic E-state index is 0.203. The van der Waals surface area contributed by atoms with Gasteiger partial charge in [-0.05, 0) is 55.8 Å². The zero-order valence-corrected chi connectivity index (χ0v) is 13.2. The maximum Gasteiger partial charge on any atom is 0.227 e. The van der Waals surface area contributed by atoms with Crippen molar-refractivity contribution >= 4 is 22.9 Å². The van der Waals surface area contributed by atoms with E-state index in [9.17, 15) is 4.79 Å². The molecule has 3 heteroatoms. The molecule has 2 nitrogen and oxygen atoms in total. The minimum Gasteiger partial charge on any atom is -0.312 e. The Hall–Kier alpha value is -1.61. The van der Waals surface area contributed by atoms with Crippen LogP contribution in [0.4, 0.5) is 5.69 Å². The molecule has 1 heterocycles. The molecular weight excluding hydrogens is 266 g/mol.